The van der Waals surface area contributed by atoms with Gasteiger partial charge in [0.25, 0.3) is 0 Å². The van der Waals surface area contributed by atoms with Crippen molar-refractivity contribution in [2.45, 2.75) is 45.8 Å². The second-order valence-electron chi connectivity index (χ2n) is 6.42. The summed E-state index contributed by atoms with van der Waals surface area (Å²) in [6, 6.07) is 14.6. The van der Waals surface area contributed by atoms with Crippen LogP contribution >= 0.6 is 0 Å². The summed E-state index contributed by atoms with van der Waals surface area (Å²) in [6.07, 6.45) is 1.53. The number of hydrogen-bond acceptors (Lipinski definition) is 2. The molecule has 0 radical (unpaired) electrons. The molecule has 23 heavy (non-hydrogen) atoms. The number of rotatable bonds is 4. The van der Waals surface area contributed by atoms with Crippen LogP contribution in [0.4, 0.5) is 0 Å². The molecular weight excluding hydrogens is 284 g/mol. The van der Waals surface area contributed by atoms with Crippen molar-refractivity contribution in [2.75, 3.05) is 0 Å². The third kappa shape index (κ3) is 3.30. The maximum atomic E-state index is 12.1. The molecule has 0 saturated heterocycles. The number of fused-ring (bicyclic) bond motifs is 1. The van der Waals surface area contributed by atoms with Crippen LogP contribution in [0.1, 0.15) is 53.6 Å². The van der Waals surface area contributed by atoms with Gasteiger partial charge >= 0.3 is 0 Å². The second kappa shape index (κ2) is 6.55. The van der Waals surface area contributed by atoms with Crippen LogP contribution in [0.2, 0.25) is 0 Å². The van der Waals surface area contributed by atoms with E-state index in [1.165, 1.54) is 16.7 Å². The van der Waals surface area contributed by atoms with Crippen molar-refractivity contribution in [3.8, 4) is 0 Å². The molecule has 2 aromatic rings. The summed E-state index contributed by atoms with van der Waals surface area (Å²) >= 11 is 0. The van der Waals surface area contributed by atoms with Gasteiger partial charge in [-0.3, -0.25) is 4.79 Å². The van der Waals surface area contributed by atoms with Crippen LogP contribution in [-0.2, 0) is 17.9 Å². The molecule has 0 spiro atoms. The van der Waals surface area contributed by atoms with E-state index in [4.69, 9.17) is 5.73 Å². The van der Waals surface area contributed by atoms with Gasteiger partial charge in [-0.15, -0.1) is 0 Å². The molecule has 1 aliphatic heterocycles. The Balaban J connectivity index is 1.81. The van der Waals surface area contributed by atoms with E-state index < -0.39 is 0 Å². The largest absolute Gasteiger partial charge is 0.334 e. The van der Waals surface area contributed by atoms with E-state index in [1.54, 1.807) is 0 Å². The van der Waals surface area contributed by atoms with Crippen LogP contribution in [0.3, 0.4) is 0 Å². The Morgan fingerprint density at radius 1 is 1.13 bits per heavy atom. The number of nitrogens with zero attached hydrogens (tertiary/aromatic N) is 1. The molecule has 0 aromatic heterocycles. The standard InChI is InChI=1S/C20H24N2O/c1-3-5-19(23)22-12-17-9-8-16(11-18(17)13-22)20(21)15-7-4-6-14(2)10-15/h4,6-11,20H,3,5,12-13,21H2,1-2H3. The fourth-order valence-corrected chi connectivity index (χ4v) is 3.21. The van der Waals surface area contributed by atoms with Gasteiger partial charge in [0.15, 0.2) is 0 Å². The van der Waals surface area contributed by atoms with E-state index in [2.05, 4.69) is 43.3 Å². The molecule has 1 amide bonds. The first-order valence-electron chi connectivity index (χ1n) is 8.30. The molecule has 0 aliphatic carbocycles. The molecule has 1 aliphatic rings. The summed E-state index contributed by atoms with van der Waals surface area (Å²) in [5.41, 5.74) is 12.4. The number of hydrogen-bond donors (Lipinski definition) is 1. The van der Waals surface area contributed by atoms with E-state index in [1.807, 2.05) is 17.9 Å². The Kier molecular flexibility index (Phi) is 4.49. The first-order valence-corrected chi connectivity index (χ1v) is 8.30. The highest BCUT2D eigenvalue weighted by Gasteiger charge is 2.23. The van der Waals surface area contributed by atoms with Crippen LogP contribution in [0.15, 0.2) is 42.5 Å². The van der Waals surface area contributed by atoms with Crippen molar-refractivity contribution in [1.82, 2.24) is 4.90 Å². The second-order valence-corrected chi connectivity index (χ2v) is 6.42. The summed E-state index contributed by atoms with van der Waals surface area (Å²) in [6.45, 7) is 5.56. The Morgan fingerprint density at radius 2 is 1.87 bits per heavy atom. The van der Waals surface area contributed by atoms with Crippen LogP contribution in [-0.4, -0.2) is 10.8 Å². The van der Waals surface area contributed by atoms with Crippen LogP contribution < -0.4 is 5.73 Å². The van der Waals surface area contributed by atoms with Gasteiger partial charge in [0.05, 0.1) is 6.04 Å². The number of carbonyl (C=O) groups is 1. The molecule has 0 fully saturated rings. The highest BCUT2D eigenvalue weighted by atomic mass is 16.2. The summed E-state index contributed by atoms with van der Waals surface area (Å²) in [5.74, 6) is 0.244. The zero-order valence-electron chi connectivity index (χ0n) is 13.9. The maximum Gasteiger partial charge on any atom is 0.223 e. The molecule has 0 saturated carbocycles. The van der Waals surface area contributed by atoms with Crippen LogP contribution in [0.25, 0.3) is 0 Å². The SMILES string of the molecule is CCCC(=O)N1Cc2ccc(C(N)c3cccc(C)c3)cc2C1. The Hall–Kier alpha value is -2.13. The van der Waals surface area contributed by atoms with Crippen LogP contribution in [0.5, 0.6) is 0 Å². The fraction of sp³-hybridized carbons (Fsp3) is 0.350. The van der Waals surface area contributed by atoms with Gasteiger partial charge in [0, 0.05) is 19.5 Å². The fourth-order valence-electron chi connectivity index (χ4n) is 3.21. The lowest BCUT2D eigenvalue weighted by Gasteiger charge is -2.15. The molecule has 120 valence electrons. The van der Waals surface area contributed by atoms with E-state index >= 15 is 0 Å². The van der Waals surface area contributed by atoms with Gasteiger partial charge in [0.2, 0.25) is 5.91 Å². The molecule has 0 bridgehead atoms. The summed E-state index contributed by atoms with van der Waals surface area (Å²) in [4.78, 5) is 14.0. The highest BCUT2D eigenvalue weighted by molar-refractivity contribution is 5.76. The molecule has 1 unspecified atom stereocenters. The first kappa shape index (κ1) is 15.8. The van der Waals surface area contributed by atoms with Crippen molar-refractivity contribution in [3.63, 3.8) is 0 Å². The average molecular weight is 308 g/mol. The molecule has 2 aromatic carbocycles. The number of amides is 1. The normalized spacial score (nSPS) is 14.7. The molecule has 3 heteroatoms. The van der Waals surface area contributed by atoms with Crippen molar-refractivity contribution in [1.29, 1.82) is 0 Å². The molecular formula is C20H24N2O. The number of nitrogens with two attached hydrogens (primary N) is 1. The van der Waals surface area contributed by atoms with Crippen molar-refractivity contribution in [3.05, 3.63) is 70.3 Å². The maximum absolute atomic E-state index is 12.1. The monoisotopic (exact) mass is 308 g/mol. The van der Waals surface area contributed by atoms with Gasteiger partial charge in [-0.2, -0.15) is 0 Å². The zero-order chi connectivity index (χ0) is 16.4. The zero-order valence-corrected chi connectivity index (χ0v) is 13.9. The van der Waals surface area contributed by atoms with Gasteiger partial charge < -0.3 is 10.6 Å². The van der Waals surface area contributed by atoms with E-state index in [-0.39, 0.29) is 11.9 Å². The molecule has 3 rings (SSSR count). The minimum Gasteiger partial charge on any atom is -0.334 e. The van der Waals surface area contributed by atoms with Crippen molar-refractivity contribution in [2.24, 2.45) is 5.73 Å². The predicted octanol–water partition coefficient (Wildman–Crippen LogP) is 3.69. The summed E-state index contributed by atoms with van der Waals surface area (Å²) < 4.78 is 0. The van der Waals surface area contributed by atoms with E-state index in [0.29, 0.717) is 13.0 Å². The lowest BCUT2D eigenvalue weighted by atomic mass is 9.95. The third-order valence-corrected chi connectivity index (χ3v) is 4.53. The quantitative estimate of drug-likeness (QED) is 0.936. The van der Waals surface area contributed by atoms with Gasteiger partial charge in [-0.25, -0.2) is 0 Å². The van der Waals surface area contributed by atoms with E-state index in [0.717, 1.165) is 24.1 Å². The Labute approximate surface area is 138 Å². The summed E-state index contributed by atoms with van der Waals surface area (Å²) in [7, 11) is 0. The summed E-state index contributed by atoms with van der Waals surface area (Å²) in [5, 5.41) is 0. The number of benzene rings is 2. The molecule has 1 atom stereocenters. The highest BCUT2D eigenvalue weighted by Crippen LogP contribution is 2.28. The van der Waals surface area contributed by atoms with Gasteiger partial charge in [0.1, 0.15) is 0 Å². The van der Waals surface area contributed by atoms with Gasteiger partial charge in [-0.1, -0.05) is 55.0 Å². The smallest absolute Gasteiger partial charge is 0.223 e. The number of aryl methyl sites for hydroxylation is 1. The average Bonchev–Trinajstić information content (AvgIpc) is 2.97. The Morgan fingerprint density at radius 3 is 2.61 bits per heavy atom. The Bertz CT molecular complexity index is 723. The first-order chi connectivity index (χ1) is 11.1. The minimum atomic E-state index is -0.124. The minimum absolute atomic E-state index is 0.124. The molecule has 2 N–H and O–H groups in total. The predicted molar refractivity (Wildman–Crippen MR) is 92.8 cm³/mol. The molecule has 3 nitrogen and oxygen atoms in total. The molecule has 1 heterocycles. The van der Waals surface area contributed by atoms with Crippen LogP contribution in [0, 0.1) is 6.92 Å². The van der Waals surface area contributed by atoms with Crippen molar-refractivity contribution < 1.29 is 4.79 Å². The van der Waals surface area contributed by atoms with E-state index in [9.17, 15) is 4.79 Å². The lowest BCUT2D eigenvalue weighted by molar-refractivity contribution is -0.131. The lowest BCUT2D eigenvalue weighted by Crippen LogP contribution is -2.24. The van der Waals surface area contributed by atoms with Crippen molar-refractivity contribution >= 4 is 5.91 Å². The van der Waals surface area contributed by atoms with Gasteiger partial charge in [-0.05, 0) is 35.6 Å². The third-order valence-electron chi connectivity index (χ3n) is 4.53. The topological polar surface area (TPSA) is 46.3 Å². The number of carbonyl (C=O) groups excluding carboxylic acids is 1.